The van der Waals surface area contributed by atoms with Gasteiger partial charge >= 0.3 is 0 Å². The van der Waals surface area contributed by atoms with Crippen molar-refractivity contribution in [3.63, 3.8) is 0 Å². The Labute approximate surface area is 93.4 Å². The molecule has 13 heavy (non-hydrogen) atoms. The summed E-state index contributed by atoms with van der Waals surface area (Å²) in [6.45, 7) is 4.21. The van der Waals surface area contributed by atoms with Crippen molar-refractivity contribution in [2.75, 3.05) is 0 Å². The molecule has 2 heteroatoms. The number of hydrogen-bond donors (Lipinski definition) is 0. The third-order valence-corrected chi connectivity index (χ3v) is 2.94. The van der Waals surface area contributed by atoms with Crippen molar-refractivity contribution in [2.45, 2.75) is 31.5 Å². The summed E-state index contributed by atoms with van der Waals surface area (Å²) in [6.07, 6.45) is 2.28. The molecule has 0 nitrogen and oxygen atoms in total. The Morgan fingerprint density at radius 3 is 2.69 bits per heavy atom. The Bertz CT molecular complexity index is 281. The predicted molar refractivity (Wildman–Crippen MR) is 62.9 cm³/mol. The average molecular weight is 262 g/mol. The van der Waals surface area contributed by atoms with Gasteiger partial charge in [0.2, 0.25) is 0 Å². The summed E-state index contributed by atoms with van der Waals surface area (Å²) in [5.41, 5.74) is 2.54. The van der Waals surface area contributed by atoms with Gasteiger partial charge in [-0.2, -0.15) is 0 Å². The van der Waals surface area contributed by atoms with Gasteiger partial charge in [0, 0.05) is 9.85 Å². The molecule has 1 unspecified atom stereocenters. The molecular formula is C11H14BrCl. The van der Waals surface area contributed by atoms with Gasteiger partial charge in [0.1, 0.15) is 0 Å². The fraction of sp³-hybridized carbons (Fsp3) is 0.455. The molecule has 0 amide bonds. The summed E-state index contributed by atoms with van der Waals surface area (Å²) in [6, 6.07) is 6.24. The van der Waals surface area contributed by atoms with E-state index in [0.29, 0.717) is 4.83 Å². The molecule has 1 aromatic rings. The van der Waals surface area contributed by atoms with Crippen LogP contribution in [0.2, 0.25) is 5.02 Å². The largest absolute Gasteiger partial charge is 0.0894 e. The van der Waals surface area contributed by atoms with Gasteiger partial charge in [-0.3, -0.25) is 0 Å². The molecule has 1 aromatic carbocycles. The van der Waals surface area contributed by atoms with Crippen LogP contribution in [0.1, 0.15) is 24.5 Å². The van der Waals surface area contributed by atoms with Crippen LogP contribution in [-0.2, 0) is 6.42 Å². The Morgan fingerprint density at radius 1 is 1.46 bits per heavy atom. The number of halogens is 2. The van der Waals surface area contributed by atoms with Crippen LogP contribution in [0.5, 0.6) is 0 Å². The Kier molecular flexibility index (Phi) is 4.27. The lowest BCUT2D eigenvalue weighted by Gasteiger charge is -2.05. The lowest BCUT2D eigenvalue weighted by molar-refractivity contribution is 0.821. The van der Waals surface area contributed by atoms with E-state index in [1.807, 2.05) is 13.0 Å². The summed E-state index contributed by atoms with van der Waals surface area (Å²) in [5, 5.41) is 0.857. The summed E-state index contributed by atoms with van der Waals surface area (Å²) in [4.78, 5) is 0.587. The van der Waals surface area contributed by atoms with Crippen molar-refractivity contribution in [2.24, 2.45) is 0 Å². The van der Waals surface area contributed by atoms with E-state index >= 15 is 0 Å². The van der Waals surface area contributed by atoms with Crippen LogP contribution in [0.3, 0.4) is 0 Å². The van der Waals surface area contributed by atoms with Crippen LogP contribution in [0, 0.1) is 6.92 Å². The lowest BCUT2D eigenvalue weighted by Crippen LogP contribution is -1.94. The summed E-state index contributed by atoms with van der Waals surface area (Å²) < 4.78 is 0. The molecule has 0 bridgehead atoms. The Morgan fingerprint density at radius 2 is 2.15 bits per heavy atom. The molecule has 0 N–H and O–H groups in total. The summed E-state index contributed by atoms with van der Waals surface area (Å²) in [5.74, 6) is 0. The van der Waals surface area contributed by atoms with Gasteiger partial charge in [0.05, 0.1) is 0 Å². The first-order valence-electron chi connectivity index (χ1n) is 4.48. The molecule has 0 heterocycles. The van der Waals surface area contributed by atoms with E-state index in [0.717, 1.165) is 11.4 Å². The van der Waals surface area contributed by atoms with Crippen LogP contribution >= 0.6 is 27.5 Å². The molecule has 0 spiro atoms. The van der Waals surface area contributed by atoms with Crippen molar-refractivity contribution in [3.8, 4) is 0 Å². The van der Waals surface area contributed by atoms with Crippen LogP contribution in [0.4, 0.5) is 0 Å². The minimum absolute atomic E-state index is 0.587. The number of rotatable bonds is 3. The van der Waals surface area contributed by atoms with Crippen molar-refractivity contribution in [1.82, 2.24) is 0 Å². The summed E-state index contributed by atoms with van der Waals surface area (Å²) >= 11 is 9.47. The first kappa shape index (κ1) is 11.1. The second-order valence-corrected chi connectivity index (χ2v) is 5.37. The first-order chi connectivity index (χ1) is 6.09. The Balaban J connectivity index is 2.63. The van der Waals surface area contributed by atoms with Crippen LogP contribution in [0.25, 0.3) is 0 Å². The SMILES string of the molecule is Cc1cc(CCC(C)Br)ccc1Cl. The quantitative estimate of drug-likeness (QED) is 0.709. The minimum Gasteiger partial charge on any atom is -0.0894 e. The van der Waals surface area contributed by atoms with Crippen LogP contribution in [0.15, 0.2) is 18.2 Å². The average Bonchev–Trinajstić information content (AvgIpc) is 2.07. The van der Waals surface area contributed by atoms with Crippen molar-refractivity contribution in [3.05, 3.63) is 34.3 Å². The van der Waals surface area contributed by atoms with Crippen molar-refractivity contribution >= 4 is 27.5 Å². The van der Waals surface area contributed by atoms with Crippen LogP contribution in [-0.4, -0.2) is 4.83 Å². The van der Waals surface area contributed by atoms with E-state index in [1.165, 1.54) is 17.5 Å². The first-order valence-corrected chi connectivity index (χ1v) is 5.78. The van der Waals surface area contributed by atoms with E-state index in [2.05, 4.69) is 35.0 Å². The zero-order valence-corrected chi connectivity index (χ0v) is 10.3. The normalized spacial score (nSPS) is 12.9. The maximum Gasteiger partial charge on any atom is 0.0435 e. The predicted octanol–water partition coefficient (Wildman–Crippen LogP) is 4.36. The standard InChI is InChI=1S/C11H14BrCl/c1-8-7-10(4-3-9(2)12)5-6-11(8)13/h5-7,9H,3-4H2,1-2H3. The minimum atomic E-state index is 0.587. The molecule has 0 aliphatic heterocycles. The highest BCUT2D eigenvalue weighted by Gasteiger charge is 2.00. The van der Waals surface area contributed by atoms with E-state index < -0.39 is 0 Å². The number of benzene rings is 1. The highest BCUT2D eigenvalue weighted by molar-refractivity contribution is 9.09. The molecule has 0 saturated heterocycles. The molecule has 0 fully saturated rings. The zero-order valence-electron chi connectivity index (χ0n) is 7.98. The van der Waals surface area contributed by atoms with E-state index in [4.69, 9.17) is 11.6 Å². The number of alkyl halides is 1. The highest BCUT2D eigenvalue weighted by Crippen LogP contribution is 2.18. The third-order valence-electron chi connectivity index (χ3n) is 2.05. The molecule has 0 aliphatic carbocycles. The van der Waals surface area contributed by atoms with Gasteiger partial charge in [-0.1, -0.05) is 46.6 Å². The van der Waals surface area contributed by atoms with Gasteiger partial charge in [-0.15, -0.1) is 0 Å². The maximum absolute atomic E-state index is 5.93. The van der Waals surface area contributed by atoms with E-state index in [9.17, 15) is 0 Å². The van der Waals surface area contributed by atoms with Gasteiger partial charge in [0.25, 0.3) is 0 Å². The monoisotopic (exact) mass is 260 g/mol. The fourth-order valence-electron chi connectivity index (χ4n) is 1.23. The highest BCUT2D eigenvalue weighted by atomic mass is 79.9. The molecule has 1 rings (SSSR count). The molecule has 0 aromatic heterocycles. The number of aryl methyl sites for hydroxylation is 2. The molecule has 0 saturated carbocycles. The van der Waals surface area contributed by atoms with E-state index in [1.54, 1.807) is 0 Å². The van der Waals surface area contributed by atoms with Crippen LogP contribution < -0.4 is 0 Å². The smallest absolute Gasteiger partial charge is 0.0435 e. The van der Waals surface area contributed by atoms with Gasteiger partial charge in [-0.05, 0) is 37.0 Å². The number of hydrogen-bond acceptors (Lipinski definition) is 0. The van der Waals surface area contributed by atoms with Gasteiger partial charge in [0.15, 0.2) is 0 Å². The molecular weight excluding hydrogens is 247 g/mol. The third kappa shape index (κ3) is 3.70. The van der Waals surface area contributed by atoms with Crippen molar-refractivity contribution in [1.29, 1.82) is 0 Å². The molecule has 1 atom stereocenters. The molecule has 0 radical (unpaired) electrons. The Hall–Kier alpha value is -0.0100. The topological polar surface area (TPSA) is 0 Å². The van der Waals surface area contributed by atoms with Gasteiger partial charge < -0.3 is 0 Å². The zero-order chi connectivity index (χ0) is 9.84. The maximum atomic E-state index is 5.93. The van der Waals surface area contributed by atoms with Gasteiger partial charge in [-0.25, -0.2) is 0 Å². The summed E-state index contributed by atoms with van der Waals surface area (Å²) in [7, 11) is 0. The molecule has 0 aliphatic rings. The second-order valence-electron chi connectivity index (χ2n) is 3.40. The molecule has 72 valence electrons. The fourth-order valence-corrected chi connectivity index (χ4v) is 1.57. The lowest BCUT2D eigenvalue weighted by atomic mass is 10.1. The second kappa shape index (κ2) is 5.02. The van der Waals surface area contributed by atoms with E-state index in [-0.39, 0.29) is 0 Å². The van der Waals surface area contributed by atoms with Crippen molar-refractivity contribution < 1.29 is 0 Å².